The van der Waals surface area contributed by atoms with E-state index in [2.05, 4.69) is 0 Å². The molecule has 1 heterocycles. The van der Waals surface area contributed by atoms with Crippen LogP contribution in [-0.2, 0) is 6.42 Å². The molecule has 0 aliphatic carbocycles. The fourth-order valence-corrected chi connectivity index (χ4v) is 1.91. The molecule has 5 nitrogen and oxygen atoms in total. The van der Waals surface area contributed by atoms with Crippen molar-refractivity contribution in [2.45, 2.75) is 20.3 Å². The maximum atomic E-state index is 13.9. The number of aromatic amines is 1. The van der Waals surface area contributed by atoms with Gasteiger partial charge in [-0.15, -0.1) is 0 Å². The molecule has 2 rings (SSSR count). The van der Waals surface area contributed by atoms with E-state index in [9.17, 15) is 23.5 Å². The fraction of sp³-hybridized carbons (Fsp3) is 0.231. The normalized spacial score (nSPS) is 10.8. The third kappa shape index (κ3) is 2.11. The van der Waals surface area contributed by atoms with E-state index in [0.717, 1.165) is 12.1 Å². The van der Waals surface area contributed by atoms with E-state index in [-0.39, 0.29) is 17.5 Å². The van der Waals surface area contributed by atoms with Crippen LogP contribution in [0.25, 0.3) is 5.69 Å². The van der Waals surface area contributed by atoms with Gasteiger partial charge in [0.15, 0.2) is 0 Å². The minimum Gasteiger partial charge on any atom is -0.494 e. The Morgan fingerprint density at radius 1 is 1.25 bits per heavy atom. The lowest BCUT2D eigenvalue weighted by molar-refractivity contribution is 0.420. The zero-order valence-corrected chi connectivity index (χ0v) is 10.8. The molecule has 0 radical (unpaired) electrons. The molecule has 0 saturated heterocycles. The summed E-state index contributed by atoms with van der Waals surface area (Å²) in [4.78, 5) is 25.2. The van der Waals surface area contributed by atoms with Crippen LogP contribution in [0.1, 0.15) is 18.1 Å². The monoisotopic (exact) mass is 282 g/mol. The number of rotatable bonds is 2. The lowest BCUT2D eigenvalue weighted by Crippen LogP contribution is -2.31. The molecule has 0 unspecified atom stereocenters. The summed E-state index contributed by atoms with van der Waals surface area (Å²) >= 11 is 0. The van der Waals surface area contributed by atoms with Crippen molar-refractivity contribution in [2.24, 2.45) is 0 Å². The predicted molar refractivity (Wildman–Crippen MR) is 68.4 cm³/mol. The van der Waals surface area contributed by atoms with Crippen molar-refractivity contribution in [2.75, 3.05) is 0 Å². The molecule has 1 aromatic carbocycles. The first-order valence-electron chi connectivity index (χ1n) is 5.90. The Kier molecular flexibility index (Phi) is 3.44. The summed E-state index contributed by atoms with van der Waals surface area (Å²) in [7, 11) is 0. The standard InChI is InChI=1S/C13H12F2N2O3/c1-3-7-11(18)16-13(20)17(12(7)19)10-5-8(14)6(2)4-9(10)15/h4-5,19H,3H2,1-2H3,(H,16,18,20). The molecule has 0 spiro atoms. The van der Waals surface area contributed by atoms with Crippen LogP contribution in [0.3, 0.4) is 0 Å². The van der Waals surface area contributed by atoms with Gasteiger partial charge in [0, 0.05) is 6.07 Å². The number of aromatic hydroxyl groups is 1. The Balaban J connectivity index is 2.87. The molecule has 7 heteroatoms. The van der Waals surface area contributed by atoms with Crippen LogP contribution in [0.15, 0.2) is 21.7 Å². The average molecular weight is 282 g/mol. The fourth-order valence-electron chi connectivity index (χ4n) is 1.91. The third-order valence-electron chi connectivity index (χ3n) is 3.00. The minimum atomic E-state index is -1.04. The van der Waals surface area contributed by atoms with Crippen LogP contribution in [0, 0.1) is 18.6 Å². The van der Waals surface area contributed by atoms with E-state index in [4.69, 9.17) is 0 Å². The molecular formula is C13H12F2N2O3. The SMILES string of the molecule is CCc1c(O)n(-c2cc(F)c(C)cc2F)c(=O)[nH]c1=O. The van der Waals surface area contributed by atoms with Crippen LogP contribution in [-0.4, -0.2) is 14.7 Å². The first-order valence-corrected chi connectivity index (χ1v) is 5.90. The number of nitrogens with one attached hydrogen (secondary N) is 1. The average Bonchev–Trinajstić information content (AvgIpc) is 2.35. The largest absolute Gasteiger partial charge is 0.494 e. The number of nitrogens with zero attached hydrogens (tertiary/aromatic N) is 1. The van der Waals surface area contributed by atoms with E-state index in [1.807, 2.05) is 4.98 Å². The van der Waals surface area contributed by atoms with Gasteiger partial charge in [0.05, 0.1) is 11.3 Å². The van der Waals surface area contributed by atoms with Gasteiger partial charge < -0.3 is 5.11 Å². The Morgan fingerprint density at radius 2 is 1.90 bits per heavy atom. The summed E-state index contributed by atoms with van der Waals surface area (Å²) < 4.78 is 28.0. The van der Waals surface area contributed by atoms with Gasteiger partial charge in [0.1, 0.15) is 11.6 Å². The molecule has 0 aliphatic rings. The summed E-state index contributed by atoms with van der Waals surface area (Å²) in [6.07, 6.45) is 0.136. The van der Waals surface area contributed by atoms with E-state index >= 15 is 0 Å². The second-order valence-electron chi connectivity index (χ2n) is 4.30. The van der Waals surface area contributed by atoms with Crippen LogP contribution < -0.4 is 11.2 Å². The summed E-state index contributed by atoms with van der Waals surface area (Å²) in [5, 5.41) is 9.94. The molecule has 2 aromatic rings. The lowest BCUT2D eigenvalue weighted by atomic mass is 10.2. The smallest absolute Gasteiger partial charge is 0.335 e. The van der Waals surface area contributed by atoms with E-state index in [1.165, 1.54) is 6.92 Å². The Morgan fingerprint density at radius 3 is 2.50 bits per heavy atom. The maximum absolute atomic E-state index is 13.9. The molecule has 0 bridgehead atoms. The van der Waals surface area contributed by atoms with Gasteiger partial charge in [-0.05, 0) is 25.0 Å². The van der Waals surface area contributed by atoms with Gasteiger partial charge in [0.2, 0.25) is 5.88 Å². The zero-order valence-electron chi connectivity index (χ0n) is 10.8. The predicted octanol–water partition coefficient (Wildman–Crippen LogP) is 1.38. The topological polar surface area (TPSA) is 75.1 Å². The van der Waals surface area contributed by atoms with Gasteiger partial charge in [-0.1, -0.05) is 6.92 Å². The third-order valence-corrected chi connectivity index (χ3v) is 3.00. The van der Waals surface area contributed by atoms with E-state index < -0.39 is 34.5 Å². The number of halogens is 2. The molecule has 1 aromatic heterocycles. The van der Waals surface area contributed by atoms with Crippen LogP contribution >= 0.6 is 0 Å². The zero-order chi connectivity index (χ0) is 15.0. The first-order chi connectivity index (χ1) is 9.36. The minimum absolute atomic E-state index is 0.0685. The van der Waals surface area contributed by atoms with Crippen molar-refractivity contribution >= 4 is 0 Å². The Hall–Kier alpha value is -2.44. The molecular weight excluding hydrogens is 270 g/mol. The van der Waals surface area contributed by atoms with Crippen molar-refractivity contribution < 1.29 is 13.9 Å². The van der Waals surface area contributed by atoms with Gasteiger partial charge in [0.25, 0.3) is 5.56 Å². The molecule has 20 heavy (non-hydrogen) atoms. The molecule has 0 fully saturated rings. The highest BCUT2D eigenvalue weighted by Gasteiger charge is 2.18. The molecule has 2 N–H and O–H groups in total. The number of hydrogen-bond donors (Lipinski definition) is 2. The van der Waals surface area contributed by atoms with Gasteiger partial charge in [-0.3, -0.25) is 9.78 Å². The number of aromatic nitrogens is 2. The van der Waals surface area contributed by atoms with Crippen molar-refractivity contribution in [3.63, 3.8) is 0 Å². The van der Waals surface area contributed by atoms with Crippen molar-refractivity contribution in [3.8, 4) is 11.6 Å². The number of benzene rings is 1. The molecule has 106 valence electrons. The highest BCUT2D eigenvalue weighted by atomic mass is 19.1. The summed E-state index contributed by atoms with van der Waals surface area (Å²) in [5.74, 6) is -2.30. The quantitative estimate of drug-likeness (QED) is 0.873. The molecule has 0 aliphatic heterocycles. The molecule has 0 saturated carbocycles. The Bertz CT molecular complexity index is 793. The van der Waals surface area contributed by atoms with Crippen LogP contribution in [0.5, 0.6) is 5.88 Å². The van der Waals surface area contributed by atoms with E-state index in [0.29, 0.717) is 4.57 Å². The van der Waals surface area contributed by atoms with E-state index in [1.54, 1.807) is 6.92 Å². The van der Waals surface area contributed by atoms with Crippen LogP contribution in [0.2, 0.25) is 0 Å². The van der Waals surface area contributed by atoms with Crippen molar-refractivity contribution in [3.05, 3.63) is 55.7 Å². The molecule has 0 atom stereocenters. The number of hydrogen-bond acceptors (Lipinski definition) is 3. The second kappa shape index (κ2) is 4.92. The first kappa shape index (κ1) is 14.0. The van der Waals surface area contributed by atoms with Gasteiger partial charge in [-0.2, -0.15) is 0 Å². The van der Waals surface area contributed by atoms with Gasteiger partial charge in [-0.25, -0.2) is 18.1 Å². The lowest BCUT2D eigenvalue weighted by Gasteiger charge is -2.12. The van der Waals surface area contributed by atoms with Crippen LogP contribution in [0.4, 0.5) is 8.78 Å². The molecule has 0 amide bonds. The second-order valence-corrected chi connectivity index (χ2v) is 4.30. The van der Waals surface area contributed by atoms with Crippen molar-refractivity contribution in [1.82, 2.24) is 9.55 Å². The van der Waals surface area contributed by atoms with Crippen molar-refractivity contribution in [1.29, 1.82) is 0 Å². The van der Waals surface area contributed by atoms with Gasteiger partial charge >= 0.3 is 5.69 Å². The number of H-pyrrole nitrogens is 1. The highest BCUT2D eigenvalue weighted by Crippen LogP contribution is 2.21. The highest BCUT2D eigenvalue weighted by molar-refractivity contribution is 5.41. The number of aryl methyl sites for hydroxylation is 1. The summed E-state index contributed by atoms with van der Waals surface area (Å²) in [5.41, 5.74) is -2.25. The Labute approximate surface area is 112 Å². The summed E-state index contributed by atoms with van der Waals surface area (Å²) in [6.45, 7) is 2.96. The maximum Gasteiger partial charge on any atom is 0.335 e. The summed E-state index contributed by atoms with van der Waals surface area (Å²) in [6, 6.07) is 1.71.